The van der Waals surface area contributed by atoms with E-state index in [0.717, 1.165) is 31.2 Å². The van der Waals surface area contributed by atoms with E-state index < -0.39 is 11.6 Å². The van der Waals surface area contributed by atoms with Crippen LogP contribution in [0.1, 0.15) is 49.6 Å². The zero-order valence-electron chi connectivity index (χ0n) is 22.5. The summed E-state index contributed by atoms with van der Waals surface area (Å²) in [5.41, 5.74) is 2.52. The minimum Gasteiger partial charge on any atom is -0.503 e. The molecule has 2 aromatic heterocycles. The van der Waals surface area contributed by atoms with Crippen LogP contribution in [0.4, 0.5) is 26.0 Å². The maximum absolute atomic E-state index is 14.9. The number of ether oxygens (including phenoxy) is 1. The maximum atomic E-state index is 14.9. The Morgan fingerprint density at radius 1 is 1.12 bits per heavy atom. The maximum Gasteiger partial charge on any atom is 0.177 e. The van der Waals surface area contributed by atoms with Gasteiger partial charge in [-0.1, -0.05) is 49.2 Å². The smallest absolute Gasteiger partial charge is 0.177 e. The molecule has 0 unspecified atom stereocenters. The van der Waals surface area contributed by atoms with Gasteiger partial charge in [-0.3, -0.25) is 4.98 Å². The van der Waals surface area contributed by atoms with Crippen LogP contribution in [0.25, 0.3) is 5.57 Å². The third-order valence-corrected chi connectivity index (χ3v) is 6.94. The Balaban J connectivity index is 1.41. The van der Waals surface area contributed by atoms with Crippen molar-refractivity contribution in [2.45, 2.75) is 39.2 Å². The Hall–Kier alpha value is -4.24. The van der Waals surface area contributed by atoms with E-state index in [9.17, 15) is 13.9 Å². The van der Waals surface area contributed by atoms with Crippen LogP contribution in [0.15, 0.2) is 67.1 Å². The average molecular weight is 578 g/mol. The number of pyridine rings is 1. The van der Waals surface area contributed by atoms with E-state index in [-0.39, 0.29) is 29.4 Å². The lowest BCUT2D eigenvalue weighted by Crippen LogP contribution is -2.08. The fourth-order valence-corrected chi connectivity index (χ4v) is 4.36. The molecule has 0 spiro atoms. The van der Waals surface area contributed by atoms with Crippen molar-refractivity contribution in [3.05, 3.63) is 101 Å². The lowest BCUT2D eigenvalue weighted by molar-refractivity contribution is 0.296. The van der Waals surface area contributed by atoms with Gasteiger partial charge in [0.15, 0.2) is 17.4 Å². The van der Waals surface area contributed by atoms with Crippen LogP contribution in [0.5, 0.6) is 11.5 Å². The highest BCUT2D eigenvalue weighted by Crippen LogP contribution is 2.34. The van der Waals surface area contributed by atoms with Crippen molar-refractivity contribution in [3.8, 4) is 11.5 Å². The Bertz CT molecular complexity index is 1540. The summed E-state index contributed by atoms with van der Waals surface area (Å²) in [5.74, 6) is -0.297. The number of anilines is 3. The van der Waals surface area contributed by atoms with Crippen LogP contribution in [-0.2, 0) is 6.54 Å². The van der Waals surface area contributed by atoms with Gasteiger partial charge in [0, 0.05) is 53.5 Å². The number of rotatable bonds is 12. The molecule has 1 saturated carbocycles. The number of para-hydroxylation sites is 1. The molecule has 3 N–H and O–H groups in total. The van der Waals surface area contributed by atoms with Crippen molar-refractivity contribution in [3.63, 3.8) is 0 Å². The number of unbranched alkanes of at least 4 members (excludes halogenated alkanes) is 1. The van der Waals surface area contributed by atoms with E-state index in [4.69, 9.17) is 16.3 Å². The first-order valence-electron chi connectivity index (χ1n) is 13.5. The quantitative estimate of drug-likeness (QED) is 0.158. The lowest BCUT2D eigenvalue weighted by Gasteiger charge is -2.17. The molecule has 7 nitrogen and oxygen atoms in total. The number of hydrogen-bond acceptors (Lipinski definition) is 7. The Labute approximate surface area is 242 Å². The van der Waals surface area contributed by atoms with Crippen LogP contribution < -0.4 is 15.4 Å². The summed E-state index contributed by atoms with van der Waals surface area (Å²) in [5, 5.41) is 17.0. The number of nitrogens with one attached hydrogen (secondary N) is 2. The Morgan fingerprint density at radius 2 is 1.90 bits per heavy atom. The predicted molar refractivity (Wildman–Crippen MR) is 157 cm³/mol. The topological polar surface area (TPSA) is 92.2 Å². The summed E-state index contributed by atoms with van der Waals surface area (Å²) in [7, 11) is 0. The second-order valence-corrected chi connectivity index (χ2v) is 10.2. The van der Waals surface area contributed by atoms with Crippen molar-refractivity contribution in [1.29, 1.82) is 0 Å². The number of benzene rings is 2. The van der Waals surface area contributed by atoms with E-state index >= 15 is 0 Å². The summed E-state index contributed by atoms with van der Waals surface area (Å²) < 4.78 is 35.4. The first-order chi connectivity index (χ1) is 19.9. The van der Waals surface area contributed by atoms with E-state index in [0.29, 0.717) is 40.3 Å². The molecule has 0 saturated heterocycles. The molecule has 4 aromatic rings. The number of hydrogen-bond donors (Lipinski definition) is 3. The largest absolute Gasteiger partial charge is 0.503 e. The lowest BCUT2D eigenvalue weighted by atomic mass is 10.0. The summed E-state index contributed by atoms with van der Waals surface area (Å²) in [6.45, 7) is 2.45. The van der Waals surface area contributed by atoms with Crippen molar-refractivity contribution in [2.75, 3.05) is 17.2 Å². The van der Waals surface area contributed by atoms with Crippen molar-refractivity contribution in [2.24, 2.45) is 5.92 Å². The van der Waals surface area contributed by atoms with Gasteiger partial charge in [0.05, 0.1) is 23.5 Å². The minimum absolute atomic E-state index is 0.0809. The molecule has 1 aliphatic rings. The van der Waals surface area contributed by atoms with Crippen LogP contribution in [0, 0.1) is 17.6 Å². The molecule has 0 aliphatic heterocycles. The second-order valence-electron chi connectivity index (χ2n) is 9.83. The molecule has 212 valence electrons. The zero-order chi connectivity index (χ0) is 28.8. The zero-order valence-corrected chi connectivity index (χ0v) is 23.3. The van der Waals surface area contributed by atoms with Gasteiger partial charge in [-0.05, 0) is 37.3 Å². The molecule has 0 radical (unpaired) electrons. The van der Waals surface area contributed by atoms with Crippen LogP contribution >= 0.6 is 11.6 Å². The highest BCUT2D eigenvalue weighted by atomic mass is 35.5. The van der Waals surface area contributed by atoms with Gasteiger partial charge in [0.1, 0.15) is 17.4 Å². The molecule has 2 heterocycles. The molecule has 1 fully saturated rings. The molecule has 5 rings (SSSR count). The van der Waals surface area contributed by atoms with E-state index in [1.54, 1.807) is 12.3 Å². The minimum atomic E-state index is -0.671. The van der Waals surface area contributed by atoms with Gasteiger partial charge < -0.3 is 20.5 Å². The fraction of sp³-hybridized carbons (Fsp3) is 0.258. The van der Waals surface area contributed by atoms with Gasteiger partial charge in [-0.15, -0.1) is 0 Å². The summed E-state index contributed by atoms with van der Waals surface area (Å²) >= 11 is 6.23. The van der Waals surface area contributed by atoms with Crippen molar-refractivity contribution in [1.82, 2.24) is 15.0 Å². The molecule has 10 heteroatoms. The highest BCUT2D eigenvalue weighted by Gasteiger charge is 2.23. The van der Waals surface area contributed by atoms with E-state index in [1.807, 2.05) is 30.3 Å². The molecular formula is C31H30ClF2N5O2. The number of halogens is 3. The molecular weight excluding hydrogens is 548 g/mol. The molecule has 0 amide bonds. The van der Waals surface area contributed by atoms with Crippen molar-refractivity contribution < 1.29 is 18.6 Å². The summed E-state index contributed by atoms with van der Waals surface area (Å²) in [6.07, 6.45) is 10.2. The van der Waals surface area contributed by atoms with E-state index in [1.165, 1.54) is 24.5 Å². The number of nitrogens with zero attached hydrogens (tertiary/aromatic N) is 3. The van der Waals surface area contributed by atoms with Gasteiger partial charge in [-0.2, -0.15) is 0 Å². The monoisotopic (exact) mass is 577 g/mol. The molecule has 41 heavy (non-hydrogen) atoms. The highest BCUT2D eigenvalue weighted by molar-refractivity contribution is 6.33. The fourth-order valence-electron chi connectivity index (χ4n) is 4.20. The molecule has 1 aliphatic carbocycles. The van der Waals surface area contributed by atoms with Crippen LogP contribution in [0.3, 0.4) is 0 Å². The number of aromatic hydroxyl groups is 1. The molecule has 2 aromatic carbocycles. The third kappa shape index (κ3) is 7.10. The Morgan fingerprint density at radius 3 is 2.63 bits per heavy atom. The first kappa shape index (κ1) is 28.3. The summed E-state index contributed by atoms with van der Waals surface area (Å²) in [6, 6.07) is 11.5. The van der Waals surface area contributed by atoms with Crippen molar-refractivity contribution >= 4 is 34.4 Å². The summed E-state index contributed by atoms with van der Waals surface area (Å²) in [4.78, 5) is 12.9. The first-order valence-corrected chi connectivity index (χ1v) is 13.9. The normalized spacial score (nSPS) is 13.2. The molecule has 0 bridgehead atoms. The second kappa shape index (κ2) is 13.0. The van der Waals surface area contributed by atoms with Gasteiger partial charge >= 0.3 is 0 Å². The van der Waals surface area contributed by atoms with Gasteiger partial charge in [0.2, 0.25) is 0 Å². The number of allylic oxidation sites excluding steroid dienone is 1. The molecule has 0 atom stereocenters. The standard InChI is InChI=1S/C31H30ClF2N5O2/c1-2-3-6-22(30-37-17-29(40)31(39-30)38-28-11-12-35-16-24(28)32)21-7-4-5-8-27(21)36-15-23-25(33)13-20(14-26(23)34)41-18-19-9-10-19/h4-8,11-14,16-17,19,36,40H,2-3,9-10,15,18H2,1H3,(H,35,37,38,39)/b22-6+. The Kier molecular flexibility index (Phi) is 8.94. The van der Waals surface area contributed by atoms with E-state index in [2.05, 4.69) is 32.5 Å². The predicted octanol–water partition coefficient (Wildman–Crippen LogP) is 7.89. The third-order valence-electron chi connectivity index (χ3n) is 6.64. The average Bonchev–Trinajstić information content (AvgIpc) is 3.80. The number of aromatic nitrogens is 3. The van der Waals surface area contributed by atoms with Crippen LogP contribution in [-0.4, -0.2) is 26.7 Å². The van der Waals surface area contributed by atoms with Gasteiger partial charge in [-0.25, -0.2) is 18.7 Å². The van der Waals surface area contributed by atoms with Gasteiger partial charge in [0.25, 0.3) is 0 Å². The SMILES string of the molecule is CCC/C=C(/c1ncc(O)c(Nc2ccncc2Cl)n1)c1ccccc1NCc1c(F)cc(OCC2CC2)cc1F. The van der Waals surface area contributed by atoms with Crippen LogP contribution in [0.2, 0.25) is 5.02 Å².